The first-order valence-electron chi connectivity index (χ1n) is 9.08. The zero-order valence-electron chi connectivity index (χ0n) is 16.0. The van der Waals surface area contributed by atoms with E-state index in [1.165, 1.54) is 22.7 Å². The van der Waals surface area contributed by atoms with E-state index < -0.39 is 5.91 Å². The number of nitrogens with two attached hydrogens (primary N) is 1. The van der Waals surface area contributed by atoms with E-state index in [0.29, 0.717) is 41.8 Å². The number of nitrogens with one attached hydrogen (secondary N) is 1. The lowest BCUT2D eigenvalue weighted by Gasteiger charge is -2.26. The van der Waals surface area contributed by atoms with E-state index in [-0.39, 0.29) is 6.09 Å². The lowest BCUT2D eigenvalue weighted by molar-refractivity contribution is 0.0997. The van der Waals surface area contributed by atoms with Crippen LogP contribution >= 0.6 is 34.4 Å². The predicted molar refractivity (Wildman–Crippen MR) is 119 cm³/mol. The average Bonchev–Trinajstić information content (AvgIpc) is 3.27. The molecule has 1 aromatic carbocycles. The molecule has 0 radical (unpaired) electrons. The number of aromatic nitrogens is 1. The molecule has 0 aliphatic carbocycles. The van der Waals surface area contributed by atoms with Gasteiger partial charge in [0.15, 0.2) is 5.13 Å². The fourth-order valence-electron chi connectivity index (χ4n) is 3.36. The Morgan fingerprint density at radius 3 is 2.93 bits per heavy atom. The van der Waals surface area contributed by atoms with Crippen LogP contribution in [0.4, 0.5) is 14.9 Å². The Labute approximate surface area is 180 Å². The van der Waals surface area contributed by atoms with E-state index in [2.05, 4.69) is 5.32 Å². The fraction of sp³-hybridized carbons (Fsp3) is 0.316. The SMILES string of the molecule is CCOC(=O)N1CCc2c(sc(Nc3nc4c(SC)cccc4s3)c2C(N)=O)C1. The minimum absolute atomic E-state index is 0.335. The van der Waals surface area contributed by atoms with Gasteiger partial charge in [-0.05, 0) is 37.3 Å². The van der Waals surface area contributed by atoms with Crippen LogP contribution in [0, 0.1) is 0 Å². The average molecular weight is 449 g/mol. The van der Waals surface area contributed by atoms with Crippen LogP contribution < -0.4 is 11.1 Å². The van der Waals surface area contributed by atoms with Crippen molar-refractivity contribution in [2.75, 3.05) is 24.7 Å². The number of hydrogen-bond donors (Lipinski definition) is 2. The van der Waals surface area contributed by atoms with Crippen molar-refractivity contribution in [2.45, 2.75) is 24.8 Å². The van der Waals surface area contributed by atoms with Gasteiger partial charge in [0.2, 0.25) is 0 Å². The quantitative estimate of drug-likeness (QED) is 0.560. The van der Waals surface area contributed by atoms with E-state index in [1.54, 1.807) is 23.6 Å². The molecule has 0 fully saturated rings. The van der Waals surface area contributed by atoms with Crippen molar-refractivity contribution in [3.8, 4) is 0 Å². The van der Waals surface area contributed by atoms with Crippen LogP contribution in [0.3, 0.4) is 0 Å². The first-order chi connectivity index (χ1) is 14.0. The van der Waals surface area contributed by atoms with E-state index in [0.717, 1.165) is 25.6 Å². The van der Waals surface area contributed by atoms with Gasteiger partial charge in [0.25, 0.3) is 5.91 Å². The molecule has 152 valence electrons. The Bertz CT molecular complexity index is 1090. The van der Waals surface area contributed by atoms with Gasteiger partial charge >= 0.3 is 6.09 Å². The molecule has 3 N–H and O–H groups in total. The third kappa shape index (κ3) is 3.79. The Kier molecular flexibility index (Phi) is 5.66. The highest BCUT2D eigenvalue weighted by molar-refractivity contribution is 7.98. The number of fused-ring (bicyclic) bond motifs is 2. The molecule has 1 aliphatic rings. The molecule has 7 nitrogen and oxygen atoms in total. The molecule has 0 spiro atoms. The van der Waals surface area contributed by atoms with Crippen LogP contribution in [0.2, 0.25) is 0 Å². The number of amides is 2. The van der Waals surface area contributed by atoms with E-state index in [1.807, 2.05) is 24.5 Å². The highest BCUT2D eigenvalue weighted by Gasteiger charge is 2.29. The Hall–Kier alpha value is -2.30. The van der Waals surface area contributed by atoms with Crippen molar-refractivity contribution < 1.29 is 14.3 Å². The number of nitrogens with zero attached hydrogens (tertiary/aromatic N) is 2. The second kappa shape index (κ2) is 8.21. The second-order valence-corrected chi connectivity index (χ2v) is 9.38. The summed E-state index contributed by atoms with van der Waals surface area (Å²) in [4.78, 5) is 32.7. The molecule has 2 aromatic heterocycles. The Morgan fingerprint density at radius 1 is 1.38 bits per heavy atom. The topological polar surface area (TPSA) is 97.6 Å². The molecule has 4 rings (SSSR count). The second-order valence-electron chi connectivity index (χ2n) is 6.39. The minimum atomic E-state index is -0.472. The summed E-state index contributed by atoms with van der Waals surface area (Å²) in [5.41, 5.74) is 8.06. The molecule has 29 heavy (non-hydrogen) atoms. The zero-order chi connectivity index (χ0) is 20.5. The molecule has 0 bridgehead atoms. The summed E-state index contributed by atoms with van der Waals surface area (Å²) in [6, 6.07) is 6.08. The normalized spacial score (nSPS) is 13.4. The molecule has 10 heteroatoms. The van der Waals surface area contributed by atoms with Gasteiger partial charge in [-0.2, -0.15) is 0 Å². The first-order valence-corrected chi connectivity index (χ1v) is 11.9. The number of carbonyl (C=O) groups is 2. The molecule has 3 aromatic rings. The zero-order valence-corrected chi connectivity index (χ0v) is 18.4. The Balaban J connectivity index is 1.67. The number of anilines is 2. The molecule has 0 saturated heterocycles. The van der Waals surface area contributed by atoms with Crippen molar-refractivity contribution in [2.24, 2.45) is 5.73 Å². The number of thiazole rings is 1. The molecular formula is C19H20N4O3S3. The standard InChI is InChI=1S/C19H20N4O3S3/c1-3-26-19(25)23-8-7-10-13(9-23)28-17(14(10)16(20)24)22-18-21-15-11(27-2)5-4-6-12(15)29-18/h4-6H,3,7-9H2,1-2H3,(H2,20,24)(H,21,22). The fourth-order valence-corrected chi connectivity index (χ4v) is 6.22. The number of primary amides is 1. The minimum Gasteiger partial charge on any atom is -0.450 e. The molecule has 0 unspecified atom stereocenters. The summed E-state index contributed by atoms with van der Waals surface area (Å²) in [5, 5.41) is 4.69. The van der Waals surface area contributed by atoms with Gasteiger partial charge in [-0.3, -0.25) is 4.79 Å². The lowest BCUT2D eigenvalue weighted by Crippen LogP contribution is -2.36. The first kappa shape index (κ1) is 20.0. The summed E-state index contributed by atoms with van der Waals surface area (Å²) >= 11 is 4.63. The largest absolute Gasteiger partial charge is 0.450 e. The van der Waals surface area contributed by atoms with Gasteiger partial charge in [0.1, 0.15) is 5.00 Å². The maximum Gasteiger partial charge on any atom is 0.410 e. The van der Waals surface area contributed by atoms with Gasteiger partial charge in [0, 0.05) is 16.3 Å². The van der Waals surface area contributed by atoms with E-state index in [4.69, 9.17) is 15.5 Å². The van der Waals surface area contributed by atoms with E-state index >= 15 is 0 Å². The number of thioether (sulfide) groups is 1. The summed E-state index contributed by atoms with van der Waals surface area (Å²) < 4.78 is 6.18. The van der Waals surface area contributed by atoms with Gasteiger partial charge in [0.05, 0.1) is 28.9 Å². The van der Waals surface area contributed by atoms with Gasteiger partial charge in [-0.15, -0.1) is 23.1 Å². The number of thiophene rings is 1. The number of para-hydroxylation sites is 1. The van der Waals surface area contributed by atoms with Crippen molar-refractivity contribution in [3.63, 3.8) is 0 Å². The third-order valence-electron chi connectivity index (χ3n) is 4.65. The highest BCUT2D eigenvalue weighted by Crippen LogP contribution is 2.40. The van der Waals surface area contributed by atoms with Crippen molar-refractivity contribution in [3.05, 3.63) is 34.2 Å². The number of benzene rings is 1. The van der Waals surface area contributed by atoms with Crippen molar-refractivity contribution >= 4 is 66.8 Å². The van der Waals surface area contributed by atoms with Crippen LogP contribution in [0.15, 0.2) is 23.1 Å². The number of rotatable bonds is 5. The highest BCUT2D eigenvalue weighted by atomic mass is 32.2. The summed E-state index contributed by atoms with van der Waals surface area (Å²) in [7, 11) is 0. The molecule has 2 amide bonds. The van der Waals surface area contributed by atoms with Crippen LogP contribution in [0.5, 0.6) is 0 Å². The number of ether oxygens (including phenoxy) is 1. The molecular weight excluding hydrogens is 428 g/mol. The monoisotopic (exact) mass is 448 g/mol. The van der Waals surface area contributed by atoms with Gasteiger partial charge in [-0.25, -0.2) is 9.78 Å². The molecule has 1 aliphatic heterocycles. The predicted octanol–water partition coefficient (Wildman–Crippen LogP) is 4.44. The van der Waals surface area contributed by atoms with Crippen LogP contribution in [-0.4, -0.2) is 41.3 Å². The smallest absolute Gasteiger partial charge is 0.410 e. The van der Waals surface area contributed by atoms with Crippen LogP contribution in [0.25, 0.3) is 10.2 Å². The van der Waals surface area contributed by atoms with Gasteiger partial charge < -0.3 is 20.7 Å². The van der Waals surface area contributed by atoms with Gasteiger partial charge in [-0.1, -0.05) is 17.4 Å². The third-order valence-corrected chi connectivity index (χ3v) is 7.49. The summed E-state index contributed by atoms with van der Waals surface area (Å²) in [6.07, 6.45) is 2.26. The maximum atomic E-state index is 12.2. The lowest BCUT2D eigenvalue weighted by atomic mass is 10.0. The van der Waals surface area contributed by atoms with Crippen molar-refractivity contribution in [1.29, 1.82) is 0 Å². The number of hydrogen-bond acceptors (Lipinski definition) is 8. The summed E-state index contributed by atoms with van der Waals surface area (Å²) in [6.45, 7) is 3.03. The van der Waals surface area contributed by atoms with E-state index in [9.17, 15) is 9.59 Å². The maximum absolute atomic E-state index is 12.2. The molecule has 3 heterocycles. The molecule has 0 saturated carbocycles. The number of carbonyl (C=O) groups excluding carboxylic acids is 2. The molecule has 0 atom stereocenters. The Morgan fingerprint density at radius 2 is 2.21 bits per heavy atom. The van der Waals surface area contributed by atoms with Crippen LogP contribution in [0.1, 0.15) is 27.7 Å². The summed E-state index contributed by atoms with van der Waals surface area (Å²) in [5.74, 6) is -0.472. The van der Waals surface area contributed by atoms with Crippen molar-refractivity contribution in [1.82, 2.24) is 9.88 Å². The van der Waals surface area contributed by atoms with Crippen LogP contribution in [-0.2, 0) is 17.7 Å².